The van der Waals surface area contributed by atoms with Gasteiger partial charge in [0.25, 0.3) is 5.91 Å². The Balaban J connectivity index is 1.55. The maximum atomic E-state index is 12.8. The molecule has 3 rings (SSSR count). The maximum absolute atomic E-state index is 12.8. The van der Waals surface area contributed by atoms with E-state index in [0.29, 0.717) is 37.1 Å². The van der Waals surface area contributed by atoms with Gasteiger partial charge in [0, 0.05) is 37.7 Å². The van der Waals surface area contributed by atoms with Crippen LogP contribution in [0.2, 0.25) is 0 Å². The van der Waals surface area contributed by atoms with Crippen molar-refractivity contribution in [1.82, 2.24) is 9.80 Å². The molecule has 1 aromatic rings. The van der Waals surface area contributed by atoms with Crippen LogP contribution in [0.15, 0.2) is 24.3 Å². The van der Waals surface area contributed by atoms with Crippen LogP contribution in [0.25, 0.3) is 0 Å². The first-order valence-corrected chi connectivity index (χ1v) is 9.89. The number of benzene rings is 1. The van der Waals surface area contributed by atoms with E-state index < -0.39 is 0 Å². The minimum Gasteiger partial charge on any atom is -0.494 e. The van der Waals surface area contributed by atoms with E-state index in [1.807, 2.05) is 34.9 Å². The van der Waals surface area contributed by atoms with Crippen molar-refractivity contribution in [3.8, 4) is 5.75 Å². The molecular weight excluding hydrogens is 328 g/mol. The fourth-order valence-electron chi connectivity index (χ4n) is 4.05. The van der Waals surface area contributed by atoms with Crippen molar-refractivity contribution >= 4 is 11.8 Å². The first kappa shape index (κ1) is 18.7. The molecule has 1 atom stereocenters. The van der Waals surface area contributed by atoms with Gasteiger partial charge in [-0.05, 0) is 56.7 Å². The molecule has 0 N–H and O–H groups in total. The number of piperidine rings is 2. The Labute approximate surface area is 156 Å². The van der Waals surface area contributed by atoms with Crippen LogP contribution in [-0.4, -0.2) is 54.4 Å². The van der Waals surface area contributed by atoms with Gasteiger partial charge in [-0.15, -0.1) is 0 Å². The molecular formula is C21H30N2O3. The molecule has 2 heterocycles. The van der Waals surface area contributed by atoms with Crippen LogP contribution in [0.1, 0.15) is 49.9 Å². The molecule has 0 radical (unpaired) electrons. The molecule has 5 heteroatoms. The van der Waals surface area contributed by atoms with Crippen molar-refractivity contribution in [3.05, 3.63) is 29.8 Å². The number of ether oxygens (including phenoxy) is 1. The van der Waals surface area contributed by atoms with Crippen molar-refractivity contribution in [3.63, 3.8) is 0 Å². The lowest BCUT2D eigenvalue weighted by Crippen LogP contribution is -2.47. The average molecular weight is 358 g/mol. The molecule has 0 unspecified atom stereocenters. The molecule has 0 bridgehead atoms. The summed E-state index contributed by atoms with van der Waals surface area (Å²) in [5.41, 5.74) is 0.658. The van der Waals surface area contributed by atoms with E-state index in [0.717, 1.165) is 38.1 Å². The second-order valence-electron chi connectivity index (χ2n) is 7.56. The lowest BCUT2D eigenvalue weighted by atomic mass is 9.92. The number of nitrogens with zero attached hydrogens (tertiary/aromatic N) is 2. The Bertz CT molecular complexity index is 638. The zero-order valence-corrected chi connectivity index (χ0v) is 15.9. The van der Waals surface area contributed by atoms with Gasteiger partial charge in [-0.1, -0.05) is 13.0 Å². The third-order valence-electron chi connectivity index (χ3n) is 5.49. The molecule has 2 aliphatic heterocycles. The molecule has 2 aliphatic rings. The number of hydrogen-bond donors (Lipinski definition) is 0. The highest BCUT2D eigenvalue weighted by Gasteiger charge is 2.32. The average Bonchev–Trinajstić information content (AvgIpc) is 2.67. The standard InChI is InChI=1S/C21H30N2O3/c1-3-26-19-8-4-7-18(14-19)21(25)22-12-9-17(10-13-22)20(24)23-11-5-6-16(2)15-23/h4,7-8,14,16-17H,3,5-6,9-13,15H2,1-2H3/t16-/m0/s1. The summed E-state index contributed by atoms with van der Waals surface area (Å²) < 4.78 is 5.49. The Morgan fingerprint density at radius 3 is 2.58 bits per heavy atom. The summed E-state index contributed by atoms with van der Waals surface area (Å²) in [6.07, 6.45) is 3.86. The lowest BCUT2D eigenvalue weighted by Gasteiger charge is -2.37. The topological polar surface area (TPSA) is 49.9 Å². The monoisotopic (exact) mass is 358 g/mol. The Kier molecular flexibility index (Phi) is 6.17. The number of carbonyl (C=O) groups is 2. The van der Waals surface area contributed by atoms with Crippen LogP contribution in [0.4, 0.5) is 0 Å². The van der Waals surface area contributed by atoms with Gasteiger partial charge in [-0.2, -0.15) is 0 Å². The highest BCUT2D eigenvalue weighted by molar-refractivity contribution is 5.94. The van der Waals surface area contributed by atoms with Crippen molar-refractivity contribution in [2.75, 3.05) is 32.8 Å². The number of hydrogen-bond acceptors (Lipinski definition) is 3. The summed E-state index contributed by atoms with van der Waals surface area (Å²) >= 11 is 0. The smallest absolute Gasteiger partial charge is 0.253 e. The van der Waals surface area contributed by atoms with E-state index in [1.54, 1.807) is 6.07 Å². The van der Waals surface area contributed by atoms with E-state index in [9.17, 15) is 9.59 Å². The van der Waals surface area contributed by atoms with Gasteiger partial charge in [0.2, 0.25) is 5.91 Å². The summed E-state index contributed by atoms with van der Waals surface area (Å²) in [6, 6.07) is 7.35. The third-order valence-corrected chi connectivity index (χ3v) is 5.49. The molecule has 2 saturated heterocycles. The van der Waals surface area contributed by atoms with Crippen molar-refractivity contribution in [2.24, 2.45) is 11.8 Å². The summed E-state index contributed by atoms with van der Waals surface area (Å²) in [7, 11) is 0. The highest BCUT2D eigenvalue weighted by atomic mass is 16.5. The van der Waals surface area contributed by atoms with E-state index in [2.05, 4.69) is 6.92 Å². The van der Waals surface area contributed by atoms with Gasteiger partial charge in [0.15, 0.2) is 0 Å². The van der Waals surface area contributed by atoms with Crippen molar-refractivity contribution < 1.29 is 14.3 Å². The number of amides is 2. The number of carbonyl (C=O) groups excluding carboxylic acids is 2. The molecule has 26 heavy (non-hydrogen) atoms. The minimum absolute atomic E-state index is 0.0315. The number of likely N-dealkylation sites (tertiary alicyclic amines) is 2. The summed E-state index contributed by atoms with van der Waals surface area (Å²) in [6.45, 7) is 7.82. The van der Waals surface area contributed by atoms with Crippen LogP contribution >= 0.6 is 0 Å². The quantitative estimate of drug-likeness (QED) is 0.830. The highest BCUT2D eigenvalue weighted by Crippen LogP contribution is 2.25. The molecule has 0 aromatic heterocycles. The third kappa shape index (κ3) is 4.37. The van der Waals surface area contributed by atoms with E-state index >= 15 is 0 Å². The molecule has 1 aromatic carbocycles. The second-order valence-corrected chi connectivity index (χ2v) is 7.56. The van der Waals surface area contributed by atoms with E-state index in [-0.39, 0.29) is 11.8 Å². The number of rotatable bonds is 4. The van der Waals surface area contributed by atoms with E-state index in [4.69, 9.17) is 4.74 Å². The molecule has 142 valence electrons. The molecule has 5 nitrogen and oxygen atoms in total. The zero-order chi connectivity index (χ0) is 18.5. The molecule has 0 spiro atoms. The van der Waals surface area contributed by atoms with Gasteiger partial charge >= 0.3 is 0 Å². The Hall–Kier alpha value is -2.04. The maximum Gasteiger partial charge on any atom is 0.253 e. The lowest BCUT2D eigenvalue weighted by molar-refractivity contribution is -0.138. The molecule has 0 aliphatic carbocycles. The van der Waals surface area contributed by atoms with Gasteiger partial charge in [-0.3, -0.25) is 9.59 Å². The van der Waals surface area contributed by atoms with Crippen LogP contribution in [0.5, 0.6) is 5.75 Å². The second kappa shape index (κ2) is 8.56. The summed E-state index contributed by atoms with van der Waals surface area (Å²) in [5.74, 6) is 1.72. The Morgan fingerprint density at radius 1 is 1.12 bits per heavy atom. The van der Waals surface area contributed by atoms with Crippen LogP contribution in [-0.2, 0) is 4.79 Å². The Morgan fingerprint density at radius 2 is 1.88 bits per heavy atom. The fraction of sp³-hybridized carbons (Fsp3) is 0.619. The summed E-state index contributed by atoms with van der Waals surface area (Å²) in [5, 5.41) is 0. The summed E-state index contributed by atoms with van der Waals surface area (Å²) in [4.78, 5) is 29.4. The predicted octanol–water partition coefficient (Wildman–Crippen LogP) is 3.20. The first-order chi connectivity index (χ1) is 12.6. The zero-order valence-electron chi connectivity index (χ0n) is 15.9. The molecule has 0 saturated carbocycles. The molecule has 2 amide bonds. The van der Waals surface area contributed by atoms with Crippen molar-refractivity contribution in [1.29, 1.82) is 0 Å². The van der Waals surface area contributed by atoms with Gasteiger partial charge in [-0.25, -0.2) is 0 Å². The van der Waals surface area contributed by atoms with Crippen LogP contribution in [0.3, 0.4) is 0 Å². The van der Waals surface area contributed by atoms with Crippen LogP contribution in [0, 0.1) is 11.8 Å². The fourth-order valence-corrected chi connectivity index (χ4v) is 4.05. The minimum atomic E-state index is 0.0315. The SMILES string of the molecule is CCOc1cccc(C(=O)N2CCC(C(=O)N3CCC[C@H](C)C3)CC2)c1. The molecule has 2 fully saturated rings. The normalized spacial score (nSPS) is 21.5. The van der Waals surface area contributed by atoms with Gasteiger partial charge in [0.05, 0.1) is 6.61 Å². The van der Waals surface area contributed by atoms with Crippen molar-refractivity contribution in [2.45, 2.75) is 39.5 Å². The van der Waals surface area contributed by atoms with Gasteiger partial charge in [0.1, 0.15) is 5.75 Å². The van der Waals surface area contributed by atoms with Gasteiger partial charge < -0.3 is 14.5 Å². The first-order valence-electron chi connectivity index (χ1n) is 9.89. The predicted molar refractivity (Wildman–Crippen MR) is 101 cm³/mol. The van der Waals surface area contributed by atoms with Crippen LogP contribution < -0.4 is 4.74 Å². The van der Waals surface area contributed by atoms with E-state index in [1.165, 1.54) is 6.42 Å². The largest absolute Gasteiger partial charge is 0.494 e.